The van der Waals surface area contributed by atoms with E-state index in [4.69, 9.17) is 4.74 Å². The lowest BCUT2D eigenvalue weighted by Gasteiger charge is -2.36. The van der Waals surface area contributed by atoms with Crippen LogP contribution in [0.1, 0.15) is 24.0 Å². The van der Waals surface area contributed by atoms with Gasteiger partial charge in [-0.25, -0.2) is 4.79 Å². The van der Waals surface area contributed by atoms with E-state index < -0.39 is 11.5 Å². The van der Waals surface area contributed by atoms with Gasteiger partial charge in [-0.05, 0) is 67.4 Å². The van der Waals surface area contributed by atoms with Gasteiger partial charge in [-0.2, -0.15) is 0 Å². The smallest absolute Gasteiger partial charge is 0.328 e. The summed E-state index contributed by atoms with van der Waals surface area (Å²) in [4.78, 5) is 14.2. The Labute approximate surface area is 166 Å². The van der Waals surface area contributed by atoms with Crippen LogP contribution in [0.15, 0.2) is 66.7 Å². The van der Waals surface area contributed by atoms with Crippen LogP contribution in [-0.4, -0.2) is 37.2 Å². The summed E-state index contributed by atoms with van der Waals surface area (Å²) in [6, 6.07) is 22.0. The van der Waals surface area contributed by atoms with Crippen molar-refractivity contribution in [2.45, 2.75) is 24.8 Å². The van der Waals surface area contributed by atoms with Gasteiger partial charge in [-0.15, -0.1) is 0 Å². The van der Waals surface area contributed by atoms with Crippen LogP contribution in [-0.2, 0) is 16.8 Å². The Morgan fingerprint density at radius 1 is 1.04 bits per heavy atom. The average molecular weight is 377 g/mol. The van der Waals surface area contributed by atoms with E-state index in [1.165, 1.54) is 16.3 Å². The molecule has 0 aliphatic heterocycles. The second kappa shape index (κ2) is 8.44. The van der Waals surface area contributed by atoms with Crippen LogP contribution in [0, 0.1) is 0 Å². The van der Waals surface area contributed by atoms with Crippen molar-refractivity contribution in [3.05, 3.63) is 77.9 Å². The number of carbonyl (C=O) groups is 1. The monoisotopic (exact) mass is 377 g/mol. The predicted octanol–water partition coefficient (Wildman–Crippen LogP) is 4.71. The number of carboxylic acids is 1. The number of fused-ring (bicyclic) bond motifs is 1. The Morgan fingerprint density at radius 3 is 2.46 bits per heavy atom. The minimum atomic E-state index is -1.10. The molecule has 3 rings (SSSR count). The molecule has 1 unspecified atom stereocenters. The normalized spacial score (nSPS) is 13.4. The fraction of sp³-hybridized carbons (Fsp3) is 0.292. The molecule has 0 fully saturated rings. The van der Waals surface area contributed by atoms with E-state index in [1.54, 1.807) is 12.0 Å². The number of hydrogen-bond donors (Lipinski definition) is 1. The fourth-order valence-corrected chi connectivity index (χ4v) is 3.97. The lowest BCUT2D eigenvalue weighted by molar-refractivity contribution is -0.151. The topological polar surface area (TPSA) is 49.8 Å². The van der Waals surface area contributed by atoms with Gasteiger partial charge >= 0.3 is 5.97 Å². The molecule has 0 aliphatic carbocycles. The molecule has 0 saturated carbocycles. The first kappa shape index (κ1) is 19.9. The molecule has 0 heterocycles. The molecule has 0 amide bonds. The van der Waals surface area contributed by atoms with Crippen molar-refractivity contribution in [2.24, 2.45) is 0 Å². The number of hydrogen-bond acceptors (Lipinski definition) is 3. The third-order valence-electron chi connectivity index (χ3n) is 5.53. The van der Waals surface area contributed by atoms with Crippen molar-refractivity contribution in [3.8, 4) is 5.75 Å². The zero-order valence-corrected chi connectivity index (χ0v) is 16.7. The number of likely N-dealkylation sites (N-methyl/N-ethyl adjacent to an activating group) is 1. The van der Waals surface area contributed by atoms with Crippen LogP contribution in [0.25, 0.3) is 10.8 Å². The van der Waals surface area contributed by atoms with Gasteiger partial charge in [0.25, 0.3) is 0 Å². The Bertz CT molecular complexity index is 961. The fourth-order valence-electron chi connectivity index (χ4n) is 3.97. The first-order chi connectivity index (χ1) is 13.5. The molecule has 0 aromatic heterocycles. The van der Waals surface area contributed by atoms with Gasteiger partial charge in [-0.3, -0.25) is 4.90 Å². The third kappa shape index (κ3) is 3.73. The SMILES string of the molecule is COc1cccc(C(CCCc2cccc3ccccc23)(C(=O)O)N(C)C)c1. The summed E-state index contributed by atoms with van der Waals surface area (Å²) < 4.78 is 5.32. The van der Waals surface area contributed by atoms with Crippen molar-refractivity contribution in [3.63, 3.8) is 0 Å². The van der Waals surface area contributed by atoms with Gasteiger partial charge in [0.15, 0.2) is 0 Å². The zero-order valence-electron chi connectivity index (χ0n) is 16.7. The molecule has 0 spiro atoms. The summed E-state index contributed by atoms with van der Waals surface area (Å²) in [5.41, 5.74) is 0.892. The summed E-state index contributed by atoms with van der Waals surface area (Å²) >= 11 is 0. The van der Waals surface area contributed by atoms with E-state index in [0.29, 0.717) is 12.2 Å². The van der Waals surface area contributed by atoms with Crippen LogP contribution in [0.4, 0.5) is 0 Å². The maximum Gasteiger partial charge on any atom is 0.328 e. The van der Waals surface area contributed by atoms with Crippen molar-refractivity contribution < 1.29 is 14.6 Å². The molecule has 1 N–H and O–H groups in total. The van der Waals surface area contributed by atoms with E-state index in [0.717, 1.165) is 18.4 Å². The van der Waals surface area contributed by atoms with E-state index in [1.807, 2.05) is 50.5 Å². The Balaban J connectivity index is 1.89. The molecule has 0 aliphatic rings. The molecule has 0 bridgehead atoms. The van der Waals surface area contributed by atoms with Crippen LogP contribution in [0.5, 0.6) is 5.75 Å². The molecule has 4 heteroatoms. The van der Waals surface area contributed by atoms with Crippen LogP contribution in [0.2, 0.25) is 0 Å². The number of rotatable bonds is 8. The van der Waals surface area contributed by atoms with E-state index in [-0.39, 0.29) is 0 Å². The second-order valence-electron chi connectivity index (χ2n) is 7.28. The highest BCUT2D eigenvalue weighted by molar-refractivity contribution is 5.85. The molecule has 4 nitrogen and oxygen atoms in total. The van der Waals surface area contributed by atoms with E-state index >= 15 is 0 Å². The van der Waals surface area contributed by atoms with E-state index in [2.05, 4.69) is 30.3 Å². The quantitative estimate of drug-likeness (QED) is 0.617. The molecule has 1 atom stereocenters. The first-order valence-electron chi connectivity index (χ1n) is 9.51. The number of methoxy groups -OCH3 is 1. The molecule has 146 valence electrons. The lowest BCUT2D eigenvalue weighted by Crippen LogP contribution is -2.48. The molecular weight excluding hydrogens is 350 g/mol. The van der Waals surface area contributed by atoms with Crippen LogP contribution >= 0.6 is 0 Å². The largest absolute Gasteiger partial charge is 0.497 e. The van der Waals surface area contributed by atoms with Gasteiger partial charge < -0.3 is 9.84 Å². The van der Waals surface area contributed by atoms with Gasteiger partial charge in [0, 0.05) is 0 Å². The van der Waals surface area contributed by atoms with Gasteiger partial charge in [-0.1, -0.05) is 54.6 Å². The van der Waals surface area contributed by atoms with Crippen molar-refractivity contribution in [2.75, 3.05) is 21.2 Å². The summed E-state index contributed by atoms with van der Waals surface area (Å²) in [6.07, 6.45) is 2.09. The average Bonchev–Trinajstić information content (AvgIpc) is 2.71. The highest BCUT2D eigenvalue weighted by atomic mass is 16.5. The maximum absolute atomic E-state index is 12.4. The molecule has 0 radical (unpaired) electrons. The van der Waals surface area contributed by atoms with E-state index in [9.17, 15) is 9.90 Å². The molecule has 3 aromatic carbocycles. The van der Waals surface area contributed by atoms with Crippen LogP contribution in [0.3, 0.4) is 0 Å². The highest BCUT2D eigenvalue weighted by Gasteiger charge is 2.42. The minimum Gasteiger partial charge on any atom is -0.497 e. The minimum absolute atomic E-state index is 0.506. The maximum atomic E-state index is 12.4. The summed E-state index contributed by atoms with van der Waals surface area (Å²) in [5.74, 6) is -0.178. The Kier molecular flexibility index (Phi) is 6.00. The lowest BCUT2D eigenvalue weighted by atomic mass is 9.83. The van der Waals surface area contributed by atoms with Crippen molar-refractivity contribution >= 4 is 16.7 Å². The molecule has 0 saturated heterocycles. The van der Waals surface area contributed by atoms with Gasteiger partial charge in [0.2, 0.25) is 0 Å². The number of ether oxygens (including phenoxy) is 1. The van der Waals surface area contributed by atoms with Gasteiger partial charge in [0.05, 0.1) is 7.11 Å². The van der Waals surface area contributed by atoms with Gasteiger partial charge in [0.1, 0.15) is 11.3 Å². The Morgan fingerprint density at radius 2 is 1.75 bits per heavy atom. The zero-order chi connectivity index (χ0) is 20.1. The number of aryl methyl sites for hydroxylation is 1. The van der Waals surface area contributed by atoms with Crippen molar-refractivity contribution in [1.82, 2.24) is 4.90 Å². The molecule has 3 aromatic rings. The standard InChI is InChI=1S/C24H27NO3/c1-25(2)24(23(26)27,20-13-7-14-21(17-20)28-3)16-8-12-19-11-6-10-18-9-4-5-15-22(18)19/h4-7,9-11,13-15,17H,8,12,16H2,1-3H3,(H,26,27). The predicted molar refractivity (Wildman–Crippen MR) is 113 cm³/mol. The molecule has 28 heavy (non-hydrogen) atoms. The van der Waals surface area contributed by atoms with Crippen molar-refractivity contribution in [1.29, 1.82) is 0 Å². The third-order valence-corrected chi connectivity index (χ3v) is 5.53. The molecular formula is C24H27NO3. The summed E-state index contributed by atoms with van der Waals surface area (Å²) in [5, 5.41) is 12.6. The number of nitrogens with zero attached hydrogens (tertiary/aromatic N) is 1. The first-order valence-corrected chi connectivity index (χ1v) is 9.51. The number of benzene rings is 3. The second-order valence-corrected chi connectivity index (χ2v) is 7.28. The Hall–Kier alpha value is -2.85. The summed E-state index contributed by atoms with van der Waals surface area (Å²) in [7, 11) is 5.24. The summed E-state index contributed by atoms with van der Waals surface area (Å²) in [6.45, 7) is 0. The van der Waals surface area contributed by atoms with Crippen LogP contribution < -0.4 is 4.74 Å². The number of carboxylic acid groups (broad SMARTS) is 1. The number of aliphatic carboxylic acids is 1. The highest BCUT2D eigenvalue weighted by Crippen LogP contribution is 2.35.